The van der Waals surface area contributed by atoms with Crippen LogP contribution in [0.25, 0.3) is 0 Å². The van der Waals surface area contributed by atoms with Crippen molar-refractivity contribution in [2.24, 2.45) is 0 Å². The van der Waals surface area contributed by atoms with Gasteiger partial charge >= 0.3 is 0 Å². The van der Waals surface area contributed by atoms with Crippen LogP contribution in [0.4, 0.5) is 5.95 Å². The van der Waals surface area contributed by atoms with E-state index in [4.69, 9.17) is 0 Å². The van der Waals surface area contributed by atoms with Crippen molar-refractivity contribution < 1.29 is 8.42 Å². The molecule has 0 fully saturated rings. The molecule has 0 radical (unpaired) electrons. The van der Waals surface area contributed by atoms with Crippen LogP contribution in [0.1, 0.15) is 5.69 Å². The summed E-state index contributed by atoms with van der Waals surface area (Å²) in [7, 11) is -1.82. The van der Waals surface area contributed by atoms with Crippen LogP contribution in [0.3, 0.4) is 0 Å². The number of anilines is 1. The average molecular weight is 312 g/mol. The number of nitrogens with one attached hydrogen (secondary N) is 1. The van der Waals surface area contributed by atoms with E-state index in [9.17, 15) is 8.42 Å². The Labute approximate surface area is 122 Å². The van der Waals surface area contributed by atoms with E-state index in [0.29, 0.717) is 23.2 Å². The molecule has 1 N–H and O–H groups in total. The maximum Gasteiger partial charge on any atom is 0.252 e. The maximum absolute atomic E-state index is 12.2. The van der Waals surface area contributed by atoms with Crippen LogP contribution >= 0.6 is 11.3 Å². The monoisotopic (exact) mass is 312 g/mol. The van der Waals surface area contributed by atoms with Crippen molar-refractivity contribution in [2.75, 3.05) is 25.5 Å². The van der Waals surface area contributed by atoms with Gasteiger partial charge in [-0.2, -0.15) is 4.31 Å². The van der Waals surface area contributed by atoms with Gasteiger partial charge in [-0.05, 0) is 24.4 Å². The SMILES string of the molecule is Cc1ccnc(NCCN(C)S(=O)(=O)c2cccs2)n1. The van der Waals surface area contributed by atoms with Crippen LogP contribution in [-0.2, 0) is 10.0 Å². The fourth-order valence-electron chi connectivity index (χ4n) is 1.54. The van der Waals surface area contributed by atoms with Crippen LogP contribution in [-0.4, -0.2) is 42.8 Å². The Morgan fingerprint density at radius 1 is 1.40 bits per heavy atom. The second kappa shape index (κ2) is 6.29. The highest BCUT2D eigenvalue weighted by Crippen LogP contribution is 2.19. The zero-order valence-corrected chi connectivity index (χ0v) is 12.9. The Hall–Kier alpha value is -1.51. The number of rotatable bonds is 6. The summed E-state index contributed by atoms with van der Waals surface area (Å²) in [5.41, 5.74) is 0.863. The molecule has 2 rings (SSSR count). The molecule has 0 spiro atoms. The summed E-state index contributed by atoms with van der Waals surface area (Å²) in [6.45, 7) is 2.67. The lowest BCUT2D eigenvalue weighted by Gasteiger charge is -2.16. The van der Waals surface area contributed by atoms with Gasteiger partial charge < -0.3 is 5.32 Å². The molecule has 0 unspecified atom stereocenters. The summed E-state index contributed by atoms with van der Waals surface area (Å²) in [5.74, 6) is 0.506. The Balaban J connectivity index is 1.91. The minimum atomic E-state index is -3.39. The lowest BCUT2D eigenvalue weighted by Crippen LogP contribution is -2.31. The first-order valence-corrected chi connectivity index (χ1v) is 8.35. The molecule has 2 heterocycles. The summed E-state index contributed by atoms with van der Waals surface area (Å²) in [4.78, 5) is 8.25. The maximum atomic E-state index is 12.2. The number of aromatic nitrogens is 2. The van der Waals surface area contributed by atoms with E-state index in [-0.39, 0.29) is 0 Å². The molecule has 6 nitrogen and oxygen atoms in total. The van der Waals surface area contributed by atoms with Crippen LogP contribution in [0.2, 0.25) is 0 Å². The summed E-state index contributed by atoms with van der Waals surface area (Å²) in [6, 6.07) is 5.14. The summed E-state index contributed by atoms with van der Waals surface area (Å²) >= 11 is 1.22. The third-order valence-corrected chi connectivity index (χ3v) is 5.89. The van der Waals surface area contributed by atoms with E-state index < -0.39 is 10.0 Å². The minimum absolute atomic E-state index is 0.345. The fourth-order valence-corrected chi connectivity index (χ4v) is 3.92. The molecule has 0 aliphatic rings. The molecule has 0 atom stereocenters. The first-order chi connectivity index (χ1) is 9.50. The second-order valence-electron chi connectivity index (χ2n) is 4.21. The zero-order valence-electron chi connectivity index (χ0n) is 11.3. The quantitative estimate of drug-likeness (QED) is 0.876. The highest BCUT2D eigenvalue weighted by molar-refractivity contribution is 7.91. The highest BCUT2D eigenvalue weighted by Gasteiger charge is 2.21. The Bertz CT molecular complexity index is 656. The second-order valence-corrected chi connectivity index (χ2v) is 7.43. The van der Waals surface area contributed by atoms with Crippen molar-refractivity contribution in [3.63, 3.8) is 0 Å². The Morgan fingerprint density at radius 3 is 2.85 bits per heavy atom. The van der Waals surface area contributed by atoms with Crippen molar-refractivity contribution in [3.05, 3.63) is 35.5 Å². The van der Waals surface area contributed by atoms with Gasteiger partial charge in [-0.1, -0.05) is 6.07 Å². The fraction of sp³-hybridized carbons (Fsp3) is 0.333. The Kier molecular flexibility index (Phi) is 4.69. The molecular formula is C12H16N4O2S2. The highest BCUT2D eigenvalue weighted by atomic mass is 32.2. The molecule has 0 saturated heterocycles. The lowest BCUT2D eigenvalue weighted by molar-refractivity contribution is 0.482. The van der Waals surface area contributed by atoms with Gasteiger partial charge in [0.25, 0.3) is 10.0 Å². The molecule has 0 aromatic carbocycles. The number of nitrogens with zero attached hydrogens (tertiary/aromatic N) is 3. The summed E-state index contributed by atoms with van der Waals surface area (Å²) < 4.78 is 26.0. The van der Waals surface area contributed by atoms with E-state index in [1.54, 1.807) is 36.8 Å². The molecule has 108 valence electrons. The van der Waals surface area contributed by atoms with E-state index in [2.05, 4.69) is 15.3 Å². The molecule has 20 heavy (non-hydrogen) atoms. The van der Waals surface area contributed by atoms with Crippen LogP contribution < -0.4 is 5.32 Å². The van der Waals surface area contributed by atoms with E-state index in [1.807, 2.05) is 6.92 Å². The molecule has 2 aromatic heterocycles. The first-order valence-electron chi connectivity index (χ1n) is 6.03. The minimum Gasteiger partial charge on any atom is -0.353 e. The standard InChI is InChI=1S/C12H16N4O2S2/c1-10-5-6-13-12(15-10)14-7-8-16(2)20(17,18)11-4-3-9-19-11/h3-6,9H,7-8H2,1-2H3,(H,13,14,15). The third-order valence-electron chi connectivity index (χ3n) is 2.66. The smallest absolute Gasteiger partial charge is 0.252 e. The van der Waals surface area contributed by atoms with Crippen LogP contribution in [0.15, 0.2) is 34.0 Å². The first kappa shape index (κ1) is 14.9. The normalized spacial score (nSPS) is 11.8. The summed E-state index contributed by atoms with van der Waals surface area (Å²) in [6.07, 6.45) is 1.66. The van der Waals surface area contributed by atoms with Crippen LogP contribution in [0.5, 0.6) is 0 Å². The van der Waals surface area contributed by atoms with Gasteiger partial charge in [-0.25, -0.2) is 18.4 Å². The number of aryl methyl sites for hydroxylation is 1. The molecular weight excluding hydrogens is 296 g/mol. The third kappa shape index (κ3) is 3.53. The molecule has 0 aliphatic carbocycles. The van der Waals surface area contributed by atoms with Gasteiger partial charge in [-0.15, -0.1) is 11.3 Å². The van der Waals surface area contributed by atoms with Crippen molar-refractivity contribution >= 4 is 27.3 Å². The number of hydrogen-bond donors (Lipinski definition) is 1. The van der Waals surface area contributed by atoms with Crippen molar-refractivity contribution in [3.8, 4) is 0 Å². The molecule has 0 aliphatic heterocycles. The van der Waals surface area contributed by atoms with E-state index in [1.165, 1.54) is 15.6 Å². The average Bonchev–Trinajstić information content (AvgIpc) is 2.93. The predicted molar refractivity (Wildman–Crippen MR) is 79.4 cm³/mol. The van der Waals surface area contributed by atoms with Gasteiger partial charge in [-0.3, -0.25) is 0 Å². The Morgan fingerprint density at radius 2 is 2.20 bits per heavy atom. The lowest BCUT2D eigenvalue weighted by atomic mass is 10.5. The van der Waals surface area contributed by atoms with Crippen molar-refractivity contribution in [1.82, 2.24) is 14.3 Å². The van der Waals surface area contributed by atoms with Gasteiger partial charge in [0.05, 0.1) is 0 Å². The number of sulfonamides is 1. The van der Waals surface area contributed by atoms with Crippen LogP contribution in [0, 0.1) is 6.92 Å². The number of likely N-dealkylation sites (N-methyl/N-ethyl adjacent to an activating group) is 1. The zero-order chi connectivity index (χ0) is 14.6. The van der Waals surface area contributed by atoms with Gasteiger partial charge in [0, 0.05) is 32.0 Å². The van der Waals surface area contributed by atoms with Gasteiger partial charge in [0.1, 0.15) is 4.21 Å². The van der Waals surface area contributed by atoms with Gasteiger partial charge in [0.15, 0.2) is 0 Å². The molecule has 8 heteroatoms. The predicted octanol–water partition coefficient (Wildman–Crippen LogP) is 1.58. The van der Waals surface area contributed by atoms with Gasteiger partial charge in [0.2, 0.25) is 5.95 Å². The van der Waals surface area contributed by atoms with E-state index >= 15 is 0 Å². The largest absolute Gasteiger partial charge is 0.353 e. The topological polar surface area (TPSA) is 75.2 Å². The molecule has 0 saturated carbocycles. The molecule has 0 amide bonds. The molecule has 0 bridgehead atoms. The van der Waals surface area contributed by atoms with Crippen molar-refractivity contribution in [2.45, 2.75) is 11.1 Å². The summed E-state index contributed by atoms with van der Waals surface area (Å²) in [5, 5.41) is 4.76. The number of thiophene rings is 1. The molecule has 2 aromatic rings. The number of hydrogen-bond acceptors (Lipinski definition) is 6. The van der Waals surface area contributed by atoms with Crippen molar-refractivity contribution in [1.29, 1.82) is 0 Å². The van der Waals surface area contributed by atoms with E-state index in [0.717, 1.165) is 5.69 Å².